The van der Waals surface area contributed by atoms with Crippen LogP contribution in [-0.4, -0.2) is 55.5 Å². The third-order valence-corrected chi connectivity index (χ3v) is 4.74. The van der Waals surface area contributed by atoms with Crippen molar-refractivity contribution in [2.75, 3.05) is 18.8 Å². The highest BCUT2D eigenvalue weighted by atomic mass is 16.6. The van der Waals surface area contributed by atoms with Gasteiger partial charge in [-0.15, -0.1) is 0 Å². The molecule has 178 valence electrons. The van der Waals surface area contributed by atoms with E-state index in [0.717, 1.165) is 19.3 Å². The van der Waals surface area contributed by atoms with Crippen LogP contribution in [-0.2, 0) is 11.3 Å². The van der Waals surface area contributed by atoms with E-state index in [2.05, 4.69) is 30.9 Å². The van der Waals surface area contributed by atoms with E-state index in [1.165, 1.54) is 6.20 Å². The molecule has 0 aliphatic heterocycles. The number of nitrogen functional groups attached to an aromatic ring is 1. The van der Waals surface area contributed by atoms with Crippen LogP contribution in [0.1, 0.15) is 57.3 Å². The number of unbranched alkanes of at least 4 members (excludes halogenated alkanes) is 2. The third kappa shape index (κ3) is 5.96. The van der Waals surface area contributed by atoms with Crippen molar-refractivity contribution < 1.29 is 19.0 Å². The van der Waals surface area contributed by atoms with Gasteiger partial charge in [0.05, 0.1) is 17.3 Å². The molecule has 3 aromatic rings. The van der Waals surface area contributed by atoms with Gasteiger partial charge in [0.25, 0.3) is 5.91 Å². The summed E-state index contributed by atoms with van der Waals surface area (Å²) in [4.78, 5) is 33.2. The van der Waals surface area contributed by atoms with Gasteiger partial charge in [-0.3, -0.25) is 9.78 Å². The predicted octanol–water partition coefficient (Wildman–Crippen LogP) is 2.51. The molecular formula is C21H30N8O4. The maximum absolute atomic E-state index is 12.9. The number of amides is 2. The summed E-state index contributed by atoms with van der Waals surface area (Å²) in [6, 6.07) is 0. The van der Waals surface area contributed by atoms with Crippen molar-refractivity contribution in [1.82, 2.24) is 35.5 Å². The van der Waals surface area contributed by atoms with E-state index in [0.29, 0.717) is 47.7 Å². The monoisotopic (exact) mass is 458 g/mol. The normalized spacial score (nSPS) is 11.5. The molecule has 0 saturated carbocycles. The van der Waals surface area contributed by atoms with E-state index in [1.54, 1.807) is 6.20 Å². The Balaban J connectivity index is 1.56. The number of nitrogens with one attached hydrogen (secondary N) is 2. The number of ether oxygens (including phenoxy) is 1. The fourth-order valence-electron chi connectivity index (χ4n) is 3.32. The van der Waals surface area contributed by atoms with Crippen LogP contribution < -0.4 is 16.4 Å². The maximum Gasteiger partial charge on any atom is 0.407 e. The molecule has 3 heterocycles. The van der Waals surface area contributed by atoms with Crippen molar-refractivity contribution in [2.24, 2.45) is 0 Å². The van der Waals surface area contributed by atoms with Crippen molar-refractivity contribution in [3.05, 3.63) is 18.0 Å². The SMILES string of the molecule is CCn1c(-c2nonc2N)nc2cncc(C(=O)NCCCCCNC(=O)OC(C)(C)C)c21. The van der Waals surface area contributed by atoms with E-state index in [1.807, 2.05) is 32.3 Å². The molecule has 0 atom stereocenters. The first-order chi connectivity index (χ1) is 15.7. The van der Waals surface area contributed by atoms with Crippen molar-refractivity contribution >= 4 is 28.9 Å². The topological polar surface area (TPSA) is 163 Å². The van der Waals surface area contributed by atoms with Crippen LogP contribution in [0.4, 0.5) is 10.6 Å². The molecule has 0 radical (unpaired) electrons. The van der Waals surface area contributed by atoms with Crippen LogP contribution in [0.25, 0.3) is 22.6 Å². The number of rotatable bonds is 9. The summed E-state index contributed by atoms with van der Waals surface area (Å²) >= 11 is 0. The minimum atomic E-state index is -0.515. The molecule has 0 fully saturated rings. The summed E-state index contributed by atoms with van der Waals surface area (Å²) in [6.45, 7) is 8.94. The number of hydrogen-bond acceptors (Lipinski definition) is 9. The molecule has 0 aliphatic carbocycles. The molecule has 4 N–H and O–H groups in total. The fraction of sp³-hybridized carbons (Fsp3) is 0.524. The number of hydrogen-bond donors (Lipinski definition) is 3. The van der Waals surface area contributed by atoms with Gasteiger partial charge in [0.2, 0.25) is 0 Å². The Morgan fingerprint density at radius 2 is 1.85 bits per heavy atom. The second-order valence-electron chi connectivity index (χ2n) is 8.48. The van der Waals surface area contributed by atoms with Crippen LogP contribution in [0.5, 0.6) is 0 Å². The van der Waals surface area contributed by atoms with Gasteiger partial charge >= 0.3 is 6.09 Å². The minimum Gasteiger partial charge on any atom is -0.444 e. The Morgan fingerprint density at radius 3 is 2.48 bits per heavy atom. The van der Waals surface area contributed by atoms with E-state index < -0.39 is 11.7 Å². The molecule has 33 heavy (non-hydrogen) atoms. The van der Waals surface area contributed by atoms with Gasteiger partial charge in [0, 0.05) is 25.8 Å². The molecule has 0 unspecified atom stereocenters. The first kappa shape index (κ1) is 24.0. The number of nitrogens with zero attached hydrogens (tertiary/aromatic N) is 5. The number of imidazole rings is 1. The lowest BCUT2D eigenvalue weighted by atomic mass is 10.2. The van der Waals surface area contributed by atoms with Crippen molar-refractivity contribution in [1.29, 1.82) is 0 Å². The molecule has 12 nitrogen and oxygen atoms in total. The van der Waals surface area contributed by atoms with E-state index >= 15 is 0 Å². The zero-order chi connectivity index (χ0) is 24.0. The lowest BCUT2D eigenvalue weighted by Crippen LogP contribution is -2.33. The number of carbonyl (C=O) groups is 2. The smallest absolute Gasteiger partial charge is 0.407 e. The quantitative estimate of drug-likeness (QED) is 0.409. The van der Waals surface area contributed by atoms with Crippen LogP contribution in [0.15, 0.2) is 17.0 Å². The van der Waals surface area contributed by atoms with Crippen LogP contribution in [0.3, 0.4) is 0 Å². The second-order valence-corrected chi connectivity index (χ2v) is 8.48. The summed E-state index contributed by atoms with van der Waals surface area (Å²) in [5, 5.41) is 13.1. The first-order valence-corrected chi connectivity index (χ1v) is 10.9. The highest BCUT2D eigenvalue weighted by molar-refractivity contribution is 6.05. The van der Waals surface area contributed by atoms with Gasteiger partial charge in [-0.05, 0) is 57.3 Å². The van der Waals surface area contributed by atoms with E-state index in [9.17, 15) is 9.59 Å². The Labute approximate surface area is 191 Å². The van der Waals surface area contributed by atoms with Crippen molar-refractivity contribution in [3.8, 4) is 11.5 Å². The molecule has 0 spiro atoms. The highest BCUT2D eigenvalue weighted by Gasteiger charge is 2.22. The largest absolute Gasteiger partial charge is 0.444 e. The Kier molecular flexibility index (Phi) is 7.46. The zero-order valence-corrected chi connectivity index (χ0v) is 19.3. The third-order valence-electron chi connectivity index (χ3n) is 4.74. The van der Waals surface area contributed by atoms with Crippen LogP contribution in [0.2, 0.25) is 0 Å². The average molecular weight is 459 g/mol. The fourth-order valence-corrected chi connectivity index (χ4v) is 3.32. The minimum absolute atomic E-state index is 0.125. The summed E-state index contributed by atoms with van der Waals surface area (Å²) in [5.41, 5.74) is 7.24. The number of fused-ring (bicyclic) bond motifs is 1. The predicted molar refractivity (Wildman–Crippen MR) is 121 cm³/mol. The number of carbonyl (C=O) groups excluding carboxylic acids is 2. The molecule has 0 saturated heterocycles. The Bertz CT molecular complexity index is 1120. The van der Waals surface area contributed by atoms with E-state index in [4.69, 9.17) is 15.1 Å². The number of alkyl carbamates (subject to hydrolysis) is 1. The molecule has 0 aliphatic rings. The molecule has 3 rings (SSSR count). The molecular weight excluding hydrogens is 428 g/mol. The lowest BCUT2D eigenvalue weighted by molar-refractivity contribution is 0.0527. The zero-order valence-electron chi connectivity index (χ0n) is 19.3. The first-order valence-electron chi connectivity index (χ1n) is 10.9. The number of aromatic nitrogens is 5. The van der Waals surface area contributed by atoms with Gasteiger partial charge in [-0.2, -0.15) is 0 Å². The van der Waals surface area contributed by atoms with E-state index in [-0.39, 0.29) is 11.7 Å². The number of aryl methyl sites for hydroxylation is 1. The van der Waals surface area contributed by atoms with Crippen molar-refractivity contribution in [2.45, 2.75) is 59.1 Å². The second kappa shape index (κ2) is 10.3. The highest BCUT2D eigenvalue weighted by Crippen LogP contribution is 2.28. The molecule has 3 aromatic heterocycles. The van der Waals surface area contributed by atoms with Gasteiger partial charge in [-0.1, -0.05) is 0 Å². The number of nitrogens with two attached hydrogens (primary N) is 1. The van der Waals surface area contributed by atoms with Crippen LogP contribution in [0, 0.1) is 0 Å². The lowest BCUT2D eigenvalue weighted by Gasteiger charge is -2.19. The number of anilines is 1. The Morgan fingerprint density at radius 1 is 1.12 bits per heavy atom. The van der Waals surface area contributed by atoms with Gasteiger partial charge in [0.15, 0.2) is 17.3 Å². The summed E-state index contributed by atoms with van der Waals surface area (Å²) in [5.74, 6) is 0.346. The molecule has 0 aromatic carbocycles. The number of pyridine rings is 1. The summed E-state index contributed by atoms with van der Waals surface area (Å²) in [6.07, 6.45) is 5.07. The Hall–Kier alpha value is -3.70. The van der Waals surface area contributed by atoms with Gasteiger partial charge in [-0.25, -0.2) is 14.4 Å². The average Bonchev–Trinajstić information content (AvgIpc) is 3.33. The summed E-state index contributed by atoms with van der Waals surface area (Å²) in [7, 11) is 0. The molecule has 12 heteroatoms. The van der Waals surface area contributed by atoms with Gasteiger partial charge < -0.3 is 25.7 Å². The van der Waals surface area contributed by atoms with Gasteiger partial charge in [0.1, 0.15) is 11.1 Å². The van der Waals surface area contributed by atoms with Crippen molar-refractivity contribution in [3.63, 3.8) is 0 Å². The molecule has 0 bridgehead atoms. The standard InChI is InChI=1S/C21H30N8O4/c1-5-29-16-13(11-23-12-14(16)26-18(29)15-17(22)28-33-27-15)19(30)24-9-7-6-8-10-25-20(31)32-21(2,3)4/h11-12H,5-10H2,1-4H3,(H2,22,28)(H,24,30)(H,25,31). The molecule has 2 amide bonds. The maximum atomic E-state index is 12.9. The summed E-state index contributed by atoms with van der Waals surface area (Å²) < 4.78 is 11.7. The van der Waals surface area contributed by atoms with Crippen LogP contribution >= 0.6 is 0 Å².